The normalized spacial score (nSPS) is 18.5. The van der Waals surface area contributed by atoms with Crippen LogP contribution in [0.25, 0.3) is 11.3 Å². The average Bonchev–Trinajstić information content (AvgIpc) is 2.70. The summed E-state index contributed by atoms with van der Waals surface area (Å²) in [5.74, 6) is 1.48. The maximum atomic E-state index is 12.7. The van der Waals surface area contributed by atoms with Crippen LogP contribution in [0.2, 0.25) is 0 Å². The number of benzene rings is 1. The summed E-state index contributed by atoms with van der Waals surface area (Å²) in [7, 11) is 0. The van der Waals surface area contributed by atoms with E-state index in [-0.39, 0.29) is 11.7 Å². The van der Waals surface area contributed by atoms with Crippen molar-refractivity contribution < 1.29 is 18.9 Å². The first-order chi connectivity index (χ1) is 13.2. The van der Waals surface area contributed by atoms with Crippen LogP contribution in [-0.4, -0.2) is 43.7 Å². The number of aryl methyl sites for hydroxylation is 1. The van der Waals surface area contributed by atoms with Crippen LogP contribution in [-0.2, 0) is 22.4 Å². The Hall–Kier alpha value is -2.31. The van der Waals surface area contributed by atoms with Crippen molar-refractivity contribution in [1.82, 2.24) is 4.57 Å². The van der Waals surface area contributed by atoms with Crippen LogP contribution in [0, 0.1) is 6.92 Å². The molecule has 0 radical (unpaired) electrons. The molecule has 2 aliphatic rings. The second-order valence-corrected chi connectivity index (χ2v) is 6.85. The smallest absolute Gasteiger partial charge is 0.254 e. The van der Waals surface area contributed by atoms with Crippen molar-refractivity contribution in [3.8, 4) is 22.8 Å². The highest BCUT2D eigenvalue weighted by Gasteiger charge is 2.23. The maximum Gasteiger partial charge on any atom is 0.254 e. The maximum absolute atomic E-state index is 12.7. The van der Waals surface area contributed by atoms with Crippen molar-refractivity contribution in [2.45, 2.75) is 32.9 Å². The zero-order valence-electron chi connectivity index (χ0n) is 15.8. The van der Waals surface area contributed by atoms with E-state index < -0.39 is 0 Å². The Morgan fingerprint density at radius 1 is 1.22 bits per heavy atom. The number of aromatic nitrogens is 1. The van der Waals surface area contributed by atoms with E-state index in [1.807, 2.05) is 30.5 Å². The third-order valence-corrected chi connectivity index (χ3v) is 5.07. The van der Waals surface area contributed by atoms with Gasteiger partial charge in [0.25, 0.3) is 5.56 Å². The van der Waals surface area contributed by atoms with E-state index in [0.29, 0.717) is 45.3 Å². The van der Waals surface area contributed by atoms with Crippen molar-refractivity contribution in [3.05, 3.63) is 45.7 Å². The monoisotopic (exact) mass is 371 g/mol. The van der Waals surface area contributed by atoms with Gasteiger partial charge in [-0.25, -0.2) is 0 Å². The Balaban J connectivity index is 1.66. The van der Waals surface area contributed by atoms with Gasteiger partial charge in [0.1, 0.15) is 24.2 Å². The summed E-state index contributed by atoms with van der Waals surface area (Å²) in [5.41, 5.74) is 4.14. The van der Waals surface area contributed by atoms with Gasteiger partial charge in [-0.2, -0.15) is 0 Å². The molecule has 0 bridgehead atoms. The molecule has 0 amide bonds. The highest BCUT2D eigenvalue weighted by Crippen LogP contribution is 2.36. The molecular formula is C21H25NO5. The van der Waals surface area contributed by atoms with E-state index in [0.717, 1.165) is 29.0 Å². The molecule has 6 heteroatoms. The van der Waals surface area contributed by atoms with Crippen LogP contribution in [0.4, 0.5) is 0 Å². The largest absolute Gasteiger partial charge is 0.494 e. The van der Waals surface area contributed by atoms with Gasteiger partial charge in [0.05, 0.1) is 32.1 Å². The first kappa shape index (κ1) is 18.1. The topological polar surface area (TPSA) is 58.9 Å². The second kappa shape index (κ2) is 7.74. The lowest BCUT2D eigenvalue weighted by molar-refractivity contribution is -0.101. The van der Waals surface area contributed by atoms with Gasteiger partial charge >= 0.3 is 0 Å². The number of fused-ring (bicyclic) bond motifs is 3. The van der Waals surface area contributed by atoms with E-state index in [1.165, 1.54) is 5.56 Å². The van der Waals surface area contributed by atoms with Gasteiger partial charge in [0.2, 0.25) is 0 Å². The Kier molecular flexibility index (Phi) is 5.18. The quantitative estimate of drug-likeness (QED) is 0.809. The van der Waals surface area contributed by atoms with Crippen LogP contribution in [0.5, 0.6) is 11.5 Å². The number of ether oxygens (including phenoxy) is 4. The van der Waals surface area contributed by atoms with Gasteiger partial charge in [0.15, 0.2) is 0 Å². The van der Waals surface area contributed by atoms with E-state index >= 15 is 0 Å². The molecule has 1 aromatic carbocycles. The first-order valence-corrected chi connectivity index (χ1v) is 9.50. The second-order valence-electron chi connectivity index (χ2n) is 6.85. The predicted molar refractivity (Wildman–Crippen MR) is 102 cm³/mol. The number of rotatable bonds is 5. The minimum Gasteiger partial charge on any atom is -0.494 e. The number of pyridine rings is 1. The molecule has 3 heterocycles. The van der Waals surface area contributed by atoms with Crippen LogP contribution in [0.15, 0.2) is 29.1 Å². The van der Waals surface area contributed by atoms with Crippen molar-refractivity contribution in [2.75, 3.05) is 33.0 Å². The lowest BCUT2D eigenvalue weighted by atomic mass is 9.94. The zero-order valence-corrected chi connectivity index (χ0v) is 15.8. The Morgan fingerprint density at radius 2 is 2.11 bits per heavy atom. The van der Waals surface area contributed by atoms with Gasteiger partial charge < -0.3 is 23.5 Å². The summed E-state index contributed by atoms with van der Waals surface area (Å²) in [4.78, 5) is 12.7. The fourth-order valence-electron chi connectivity index (χ4n) is 3.76. The molecular weight excluding hydrogens is 346 g/mol. The molecule has 27 heavy (non-hydrogen) atoms. The number of nitrogens with zero attached hydrogens (tertiary/aromatic N) is 1. The number of hydrogen-bond acceptors (Lipinski definition) is 5. The third-order valence-electron chi connectivity index (χ3n) is 5.07. The van der Waals surface area contributed by atoms with Crippen molar-refractivity contribution >= 4 is 0 Å². The van der Waals surface area contributed by atoms with E-state index in [9.17, 15) is 4.79 Å². The molecule has 4 rings (SSSR count). The average molecular weight is 371 g/mol. The van der Waals surface area contributed by atoms with Crippen molar-refractivity contribution in [1.29, 1.82) is 0 Å². The highest BCUT2D eigenvalue weighted by molar-refractivity contribution is 5.71. The van der Waals surface area contributed by atoms with Crippen LogP contribution >= 0.6 is 0 Å². The molecule has 0 spiro atoms. The van der Waals surface area contributed by atoms with E-state index in [2.05, 4.69) is 6.07 Å². The Bertz CT molecular complexity index is 883. The molecule has 1 aromatic heterocycles. The summed E-state index contributed by atoms with van der Waals surface area (Å²) in [5, 5.41) is 0. The van der Waals surface area contributed by atoms with Crippen LogP contribution in [0.1, 0.15) is 18.1 Å². The molecule has 0 N–H and O–H groups in total. The fourth-order valence-corrected chi connectivity index (χ4v) is 3.76. The molecule has 0 unspecified atom stereocenters. The molecule has 0 saturated carbocycles. The minimum absolute atomic E-state index is 0.0362. The Labute approximate surface area is 158 Å². The first-order valence-electron chi connectivity index (χ1n) is 9.50. The molecule has 1 saturated heterocycles. The van der Waals surface area contributed by atoms with Gasteiger partial charge in [-0.05, 0) is 44.0 Å². The highest BCUT2D eigenvalue weighted by atomic mass is 16.6. The molecule has 144 valence electrons. The van der Waals surface area contributed by atoms with Crippen LogP contribution in [0.3, 0.4) is 0 Å². The minimum atomic E-state index is -0.0991. The van der Waals surface area contributed by atoms with Gasteiger partial charge in [-0.15, -0.1) is 0 Å². The predicted octanol–water partition coefficient (Wildman–Crippen LogP) is 2.57. The molecule has 1 fully saturated rings. The van der Waals surface area contributed by atoms with Crippen LogP contribution < -0.4 is 15.0 Å². The summed E-state index contributed by atoms with van der Waals surface area (Å²) in [6.07, 6.45) is 0.716. The van der Waals surface area contributed by atoms with Gasteiger partial charge in [0, 0.05) is 23.7 Å². The number of hydrogen-bond donors (Lipinski definition) is 0. The lowest BCUT2D eigenvalue weighted by Crippen LogP contribution is -2.34. The summed E-state index contributed by atoms with van der Waals surface area (Å²) in [6, 6.07) is 7.66. The third kappa shape index (κ3) is 3.59. The van der Waals surface area contributed by atoms with Gasteiger partial charge in [-0.1, -0.05) is 0 Å². The van der Waals surface area contributed by atoms with Gasteiger partial charge in [-0.3, -0.25) is 4.79 Å². The summed E-state index contributed by atoms with van der Waals surface area (Å²) >= 11 is 0. The molecule has 2 aromatic rings. The molecule has 2 aliphatic heterocycles. The SMILES string of the molecule is CCOc1ccc2c(c1)CCn1c-2c(C)c(OC[C@@H]2COCCO2)cc1=O. The van der Waals surface area contributed by atoms with Crippen molar-refractivity contribution in [2.24, 2.45) is 0 Å². The molecule has 6 nitrogen and oxygen atoms in total. The summed E-state index contributed by atoms with van der Waals surface area (Å²) < 4.78 is 24.5. The molecule has 0 aliphatic carbocycles. The summed E-state index contributed by atoms with van der Waals surface area (Å²) in [6.45, 7) is 7.38. The molecule has 1 atom stereocenters. The fraction of sp³-hybridized carbons (Fsp3) is 0.476. The van der Waals surface area contributed by atoms with E-state index in [4.69, 9.17) is 18.9 Å². The van der Waals surface area contributed by atoms with E-state index in [1.54, 1.807) is 6.07 Å². The zero-order chi connectivity index (χ0) is 18.8. The standard InChI is InChI=1S/C21H25NO5/c1-3-25-16-4-5-18-15(10-16)6-7-22-20(23)11-19(14(2)21(18)22)27-13-17-12-24-8-9-26-17/h4-5,10-11,17H,3,6-9,12-13H2,1-2H3/t17-/m0/s1. The van der Waals surface area contributed by atoms with Crippen molar-refractivity contribution in [3.63, 3.8) is 0 Å². The lowest BCUT2D eigenvalue weighted by Gasteiger charge is -2.27. The Morgan fingerprint density at radius 3 is 2.89 bits per heavy atom.